The minimum absolute atomic E-state index is 0.752. The summed E-state index contributed by atoms with van der Waals surface area (Å²) in [6, 6.07) is 6.94. The summed E-state index contributed by atoms with van der Waals surface area (Å²) in [5.74, 6) is 0. The average Bonchev–Trinajstić information content (AvgIpc) is 2.01. The van der Waals surface area contributed by atoms with Crippen LogP contribution in [0.15, 0.2) is 18.2 Å². The number of aryl methyl sites for hydroxylation is 1. The molecule has 1 fully saturated rings. The number of nitrogens with zero attached hydrogens (tertiary/aromatic N) is 1. The minimum Gasteiger partial charge on any atom is -0.308 e. The van der Waals surface area contributed by atoms with E-state index in [1.54, 1.807) is 0 Å². The molecule has 1 saturated carbocycles. The third kappa shape index (κ3) is 2.28. The minimum atomic E-state index is 0.752. The van der Waals surface area contributed by atoms with E-state index in [9.17, 15) is 0 Å². The zero-order chi connectivity index (χ0) is 9.10. The van der Waals surface area contributed by atoms with Gasteiger partial charge in [0.1, 0.15) is 0 Å². The molecule has 0 spiro atoms. The second-order valence-corrected chi connectivity index (χ2v) is 3.78. The predicted molar refractivity (Wildman–Crippen MR) is 53.5 cm³/mol. The number of aromatic nitrogens is 1. The largest absolute Gasteiger partial charge is 0.308 e. The smallest absolute Gasteiger partial charge is 0.0544 e. The van der Waals surface area contributed by atoms with Gasteiger partial charge in [0.2, 0.25) is 0 Å². The monoisotopic (exact) mass is 176 g/mol. The zero-order valence-electron chi connectivity index (χ0n) is 8.09. The van der Waals surface area contributed by atoms with E-state index in [-0.39, 0.29) is 0 Å². The highest BCUT2D eigenvalue weighted by Crippen LogP contribution is 2.18. The molecule has 0 amide bonds. The average molecular weight is 176 g/mol. The molecule has 1 aromatic rings. The van der Waals surface area contributed by atoms with E-state index in [1.807, 2.05) is 13.0 Å². The van der Waals surface area contributed by atoms with Crippen molar-refractivity contribution in [2.75, 3.05) is 0 Å². The van der Waals surface area contributed by atoms with Crippen molar-refractivity contribution in [1.82, 2.24) is 10.3 Å². The van der Waals surface area contributed by atoms with Crippen molar-refractivity contribution in [3.05, 3.63) is 29.6 Å². The van der Waals surface area contributed by atoms with Crippen LogP contribution in [0.5, 0.6) is 0 Å². The number of rotatable bonds is 3. The fraction of sp³-hybridized carbons (Fsp3) is 0.545. The predicted octanol–water partition coefficient (Wildman–Crippen LogP) is 2.03. The van der Waals surface area contributed by atoms with Crippen LogP contribution in [0.2, 0.25) is 0 Å². The van der Waals surface area contributed by atoms with Crippen LogP contribution in [0, 0.1) is 6.92 Å². The van der Waals surface area contributed by atoms with Crippen LogP contribution in [0.25, 0.3) is 0 Å². The topological polar surface area (TPSA) is 24.9 Å². The molecule has 1 aromatic heterocycles. The molecule has 1 aliphatic rings. The fourth-order valence-electron chi connectivity index (χ4n) is 1.56. The van der Waals surface area contributed by atoms with Gasteiger partial charge in [-0.05, 0) is 31.9 Å². The Kier molecular flexibility index (Phi) is 2.60. The van der Waals surface area contributed by atoms with Gasteiger partial charge in [0.15, 0.2) is 0 Å². The van der Waals surface area contributed by atoms with Crippen molar-refractivity contribution in [1.29, 1.82) is 0 Å². The van der Waals surface area contributed by atoms with E-state index in [0.29, 0.717) is 0 Å². The molecule has 0 aliphatic heterocycles. The Balaban J connectivity index is 1.86. The molecule has 2 heteroatoms. The molecule has 70 valence electrons. The summed E-state index contributed by atoms with van der Waals surface area (Å²) >= 11 is 0. The summed E-state index contributed by atoms with van der Waals surface area (Å²) in [6.07, 6.45) is 4.07. The van der Waals surface area contributed by atoms with Gasteiger partial charge in [0.05, 0.1) is 5.69 Å². The molecule has 0 radical (unpaired) electrons. The Morgan fingerprint density at radius 1 is 1.46 bits per heavy atom. The van der Waals surface area contributed by atoms with Crippen LogP contribution in [0.1, 0.15) is 30.7 Å². The van der Waals surface area contributed by atoms with Gasteiger partial charge in [0, 0.05) is 18.3 Å². The lowest BCUT2D eigenvalue weighted by Crippen LogP contribution is -2.34. The molecule has 13 heavy (non-hydrogen) atoms. The van der Waals surface area contributed by atoms with Crippen LogP contribution in [0.3, 0.4) is 0 Å². The molecular formula is C11H16N2. The fourth-order valence-corrected chi connectivity index (χ4v) is 1.56. The highest BCUT2D eigenvalue weighted by molar-refractivity contribution is 5.09. The third-order valence-electron chi connectivity index (χ3n) is 2.62. The van der Waals surface area contributed by atoms with E-state index in [1.165, 1.54) is 19.3 Å². The maximum absolute atomic E-state index is 4.44. The highest BCUT2D eigenvalue weighted by atomic mass is 14.9. The van der Waals surface area contributed by atoms with Crippen molar-refractivity contribution in [2.24, 2.45) is 0 Å². The van der Waals surface area contributed by atoms with Crippen molar-refractivity contribution >= 4 is 0 Å². The Morgan fingerprint density at radius 3 is 2.92 bits per heavy atom. The van der Waals surface area contributed by atoms with Gasteiger partial charge >= 0.3 is 0 Å². The molecule has 0 bridgehead atoms. The van der Waals surface area contributed by atoms with Gasteiger partial charge in [-0.25, -0.2) is 0 Å². The molecule has 1 N–H and O–H groups in total. The standard InChI is InChI=1S/C11H16N2/c1-9-4-2-7-11(13-9)8-12-10-5-3-6-10/h2,4,7,10,12H,3,5-6,8H2,1H3. The summed E-state index contributed by atoms with van der Waals surface area (Å²) in [5, 5.41) is 3.50. The summed E-state index contributed by atoms with van der Waals surface area (Å²) in [7, 11) is 0. The second-order valence-electron chi connectivity index (χ2n) is 3.78. The third-order valence-corrected chi connectivity index (χ3v) is 2.62. The Morgan fingerprint density at radius 2 is 2.31 bits per heavy atom. The molecular weight excluding hydrogens is 160 g/mol. The molecule has 0 atom stereocenters. The lowest BCUT2D eigenvalue weighted by molar-refractivity contribution is 0.337. The molecule has 0 saturated heterocycles. The summed E-state index contributed by atoms with van der Waals surface area (Å²) in [5.41, 5.74) is 2.26. The molecule has 2 rings (SSSR count). The first-order valence-corrected chi connectivity index (χ1v) is 5.00. The van der Waals surface area contributed by atoms with Crippen LogP contribution in [-0.2, 0) is 6.54 Å². The Hall–Kier alpha value is -0.890. The first-order valence-electron chi connectivity index (χ1n) is 5.00. The number of hydrogen-bond acceptors (Lipinski definition) is 2. The Labute approximate surface area is 79.4 Å². The Bertz CT molecular complexity index is 279. The van der Waals surface area contributed by atoms with Gasteiger partial charge in [-0.3, -0.25) is 4.98 Å². The molecule has 0 unspecified atom stereocenters. The lowest BCUT2D eigenvalue weighted by atomic mass is 9.93. The van der Waals surface area contributed by atoms with Crippen LogP contribution in [-0.4, -0.2) is 11.0 Å². The second kappa shape index (κ2) is 3.88. The maximum atomic E-state index is 4.44. The van der Waals surface area contributed by atoms with Crippen LogP contribution >= 0.6 is 0 Å². The molecule has 2 nitrogen and oxygen atoms in total. The van der Waals surface area contributed by atoms with Gasteiger partial charge < -0.3 is 5.32 Å². The zero-order valence-corrected chi connectivity index (χ0v) is 8.09. The van der Waals surface area contributed by atoms with E-state index in [4.69, 9.17) is 0 Å². The van der Waals surface area contributed by atoms with E-state index >= 15 is 0 Å². The molecule has 0 aromatic carbocycles. The van der Waals surface area contributed by atoms with Crippen molar-refractivity contribution in [2.45, 2.75) is 38.8 Å². The summed E-state index contributed by atoms with van der Waals surface area (Å²) < 4.78 is 0. The lowest BCUT2D eigenvalue weighted by Gasteiger charge is -2.26. The highest BCUT2D eigenvalue weighted by Gasteiger charge is 2.15. The normalized spacial score (nSPS) is 17.0. The van der Waals surface area contributed by atoms with Gasteiger partial charge in [-0.15, -0.1) is 0 Å². The van der Waals surface area contributed by atoms with E-state index < -0.39 is 0 Å². The van der Waals surface area contributed by atoms with Gasteiger partial charge in [-0.1, -0.05) is 12.5 Å². The van der Waals surface area contributed by atoms with Crippen LogP contribution < -0.4 is 5.32 Å². The summed E-state index contributed by atoms with van der Waals surface area (Å²) in [4.78, 5) is 4.44. The van der Waals surface area contributed by atoms with Crippen molar-refractivity contribution in [3.8, 4) is 0 Å². The first-order chi connectivity index (χ1) is 6.34. The number of pyridine rings is 1. The molecule has 1 heterocycles. The van der Waals surface area contributed by atoms with Gasteiger partial charge in [0.25, 0.3) is 0 Å². The maximum Gasteiger partial charge on any atom is 0.0544 e. The van der Waals surface area contributed by atoms with E-state index in [2.05, 4.69) is 22.4 Å². The van der Waals surface area contributed by atoms with E-state index in [0.717, 1.165) is 24.0 Å². The first kappa shape index (κ1) is 8.70. The number of nitrogens with one attached hydrogen (secondary N) is 1. The van der Waals surface area contributed by atoms with Gasteiger partial charge in [-0.2, -0.15) is 0 Å². The molecule has 1 aliphatic carbocycles. The number of hydrogen-bond donors (Lipinski definition) is 1. The van der Waals surface area contributed by atoms with Crippen molar-refractivity contribution < 1.29 is 0 Å². The quantitative estimate of drug-likeness (QED) is 0.762. The van der Waals surface area contributed by atoms with Crippen LogP contribution in [0.4, 0.5) is 0 Å². The summed E-state index contributed by atoms with van der Waals surface area (Å²) in [6.45, 7) is 2.96. The SMILES string of the molecule is Cc1cccc(CNC2CCC2)n1. The van der Waals surface area contributed by atoms with Crippen molar-refractivity contribution in [3.63, 3.8) is 0 Å².